The summed E-state index contributed by atoms with van der Waals surface area (Å²) in [6.07, 6.45) is 2.06. The van der Waals surface area contributed by atoms with Gasteiger partial charge in [0.05, 0.1) is 6.54 Å². The topological polar surface area (TPSA) is 25.2 Å². The second-order valence-corrected chi connectivity index (χ2v) is 4.48. The van der Waals surface area contributed by atoms with Crippen LogP contribution in [0.4, 0.5) is 5.69 Å². The summed E-state index contributed by atoms with van der Waals surface area (Å²) in [5.41, 5.74) is 1.11. The van der Waals surface area contributed by atoms with Gasteiger partial charge in [-0.1, -0.05) is 12.1 Å². The maximum Gasteiger partial charge on any atom is 0.193 e. The van der Waals surface area contributed by atoms with Crippen LogP contribution >= 0.6 is 23.4 Å². The van der Waals surface area contributed by atoms with Crippen molar-refractivity contribution in [2.75, 3.05) is 11.6 Å². The van der Waals surface area contributed by atoms with Crippen molar-refractivity contribution in [1.82, 2.24) is 0 Å². The molecule has 0 aliphatic heterocycles. The molecule has 84 valence electrons. The first kappa shape index (κ1) is 11.4. The van der Waals surface area contributed by atoms with E-state index in [1.165, 1.54) is 4.90 Å². The Hall–Kier alpha value is -1.06. The minimum atomic E-state index is 0.426. The van der Waals surface area contributed by atoms with E-state index in [4.69, 9.17) is 16.0 Å². The van der Waals surface area contributed by atoms with E-state index in [2.05, 4.69) is 23.7 Å². The lowest BCUT2D eigenvalue weighted by atomic mass is 10.3. The number of benzene rings is 1. The third-order valence-corrected chi connectivity index (χ3v) is 3.19. The molecule has 1 aromatic carbocycles. The van der Waals surface area contributed by atoms with Gasteiger partial charge in [-0.05, 0) is 42.1 Å². The van der Waals surface area contributed by atoms with E-state index in [0.29, 0.717) is 11.8 Å². The first-order valence-corrected chi connectivity index (χ1v) is 6.51. The zero-order valence-corrected chi connectivity index (χ0v) is 10.4. The smallest absolute Gasteiger partial charge is 0.193 e. The van der Waals surface area contributed by atoms with Gasteiger partial charge in [-0.2, -0.15) is 0 Å². The highest BCUT2D eigenvalue weighted by molar-refractivity contribution is 7.98. The SMILES string of the molecule is CSc1ccccc1NCc1ccc(Cl)o1. The Bertz CT molecular complexity index is 470. The first-order valence-electron chi connectivity index (χ1n) is 4.90. The Labute approximate surface area is 104 Å². The maximum absolute atomic E-state index is 5.70. The second-order valence-electron chi connectivity index (χ2n) is 3.26. The van der Waals surface area contributed by atoms with Gasteiger partial charge in [-0.3, -0.25) is 0 Å². The molecular weight excluding hydrogens is 242 g/mol. The predicted molar refractivity (Wildman–Crippen MR) is 69.3 cm³/mol. The molecule has 0 saturated heterocycles. The molecule has 2 aromatic rings. The number of hydrogen-bond acceptors (Lipinski definition) is 3. The Morgan fingerprint density at radius 3 is 2.75 bits per heavy atom. The van der Waals surface area contributed by atoms with Crippen LogP contribution in [0.25, 0.3) is 0 Å². The molecule has 4 heteroatoms. The molecule has 0 radical (unpaired) electrons. The van der Waals surface area contributed by atoms with Crippen molar-refractivity contribution < 1.29 is 4.42 Å². The summed E-state index contributed by atoms with van der Waals surface area (Å²) in [7, 11) is 0. The van der Waals surface area contributed by atoms with Crippen LogP contribution in [-0.2, 0) is 6.54 Å². The molecule has 0 atom stereocenters. The molecule has 1 aromatic heterocycles. The summed E-state index contributed by atoms with van der Waals surface area (Å²) < 4.78 is 5.27. The van der Waals surface area contributed by atoms with Gasteiger partial charge in [0, 0.05) is 10.6 Å². The minimum absolute atomic E-state index is 0.426. The van der Waals surface area contributed by atoms with Gasteiger partial charge in [0.25, 0.3) is 0 Å². The monoisotopic (exact) mass is 253 g/mol. The number of thioether (sulfide) groups is 1. The summed E-state index contributed by atoms with van der Waals surface area (Å²) in [6.45, 7) is 0.643. The Balaban J connectivity index is 2.04. The minimum Gasteiger partial charge on any atom is -0.448 e. The van der Waals surface area contributed by atoms with E-state index >= 15 is 0 Å². The summed E-state index contributed by atoms with van der Waals surface area (Å²) in [5.74, 6) is 0.834. The molecule has 16 heavy (non-hydrogen) atoms. The third-order valence-electron chi connectivity index (χ3n) is 2.19. The average molecular weight is 254 g/mol. The van der Waals surface area contributed by atoms with Gasteiger partial charge in [0.2, 0.25) is 0 Å². The summed E-state index contributed by atoms with van der Waals surface area (Å²) in [5, 5.41) is 3.75. The lowest BCUT2D eigenvalue weighted by Gasteiger charge is -2.08. The molecule has 1 heterocycles. The molecule has 0 aliphatic rings. The fourth-order valence-corrected chi connectivity index (χ4v) is 2.16. The molecule has 0 aliphatic carbocycles. The van der Waals surface area contributed by atoms with Gasteiger partial charge in [-0.25, -0.2) is 0 Å². The largest absolute Gasteiger partial charge is 0.448 e. The van der Waals surface area contributed by atoms with Crippen LogP contribution in [-0.4, -0.2) is 6.26 Å². The quantitative estimate of drug-likeness (QED) is 0.824. The highest BCUT2D eigenvalue weighted by Gasteiger charge is 2.02. The Morgan fingerprint density at radius 1 is 1.25 bits per heavy atom. The van der Waals surface area contributed by atoms with E-state index in [-0.39, 0.29) is 0 Å². The van der Waals surface area contributed by atoms with Crippen LogP contribution in [0.3, 0.4) is 0 Å². The van der Waals surface area contributed by atoms with E-state index in [9.17, 15) is 0 Å². The van der Waals surface area contributed by atoms with Crippen molar-refractivity contribution in [2.24, 2.45) is 0 Å². The highest BCUT2D eigenvalue weighted by atomic mass is 35.5. The van der Waals surface area contributed by atoms with Crippen LogP contribution < -0.4 is 5.32 Å². The third kappa shape index (κ3) is 2.74. The molecule has 1 N–H and O–H groups in total. The van der Waals surface area contributed by atoms with Crippen LogP contribution in [0.2, 0.25) is 5.22 Å². The van der Waals surface area contributed by atoms with Crippen molar-refractivity contribution in [3.05, 3.63) is 47.4 Å². The van der Waals surface area contributed by atoms with Crippen LogP contribution in [0.15, 0.2) is 45.7 Å². The van der Waals surface area contributed by atoms with Gasteiger partial charge in [0.15, 0.2) is 5.22 Å². The molecule has 0 bridgehead atoms. The Morgan fingerprint density at radius 2 is 2.06 bits per heavy atom. The number of para-hydroxylation sites is 1. The van der Waals surface area contributed by atoms with Gasteiger partial charge in [-0.15, -0.1) is 11.8 Å². The lowest BCUT2D eigenvalue weighted by Crippen LogP contribution is -1.98. The standard InChI is InChI=1S/C12H12ClNOS/c1-16-11-5-3-2-4-10(11)14-8-9-6-7-12(13)15-9/h2-7,14H,8H2,1H3. The highest BCUT2D eigenvalue weighted by Crippen LogP contribution is 2.25. The van der Waals surface area contributed by atoms with Crippen LogP contribution in [0.5, 0.6) is 0 Å². The maximum atomic E-state index is 5.70. The van der Waals surface area contributed by atoms with Crippen molar-refractivity contribution in [2.45, 2.75) is 11.4 Å². The predicted octanol–water partition coefficient (Wildman–Crippen LogP) is 4.27. The molecule has 0 fully saturated rings. The van der Waals surface area contributed by atoms with E-state index in [0.717, 1.165) is 11.4 Å². The average Bonchev–Trinajstić information content (AvgIpc) is 2.73. The fourth-order valence-electron chi connectivity index (χ4n) is 1.42. The second kappa shape index (κ2) is 5.32. The molecule has 0 unspecified atom stereocenters. The molecule has 0 amide bonds. The number of furan rings is 1. The molecule has 0 spiro atoms. The van der Waals surface area contributed by atoms with Gasteiger partial charge in [0.1, 0.15) is 5.76 Å². The van der Waals surface area contributed by atoms with Crippen molar-refractivity contribution in [3.63, 3.8) is 0 Å². The number of anilines is 1. The normalized spacial score (nSPS) is 10.4. The summed E-state index contributed by atoms with van der Waals surface area (Å²) in [4.78, 5) is 1.22. The number of rotatable bonds is 4. The molecular formula is C12H12ClNOS. The number of halogens is 1. The summed E-state index contributed by atoms with van der Waals surface area (Å²) in [6, 6.07) is 11.8. The first-order chi connectivity index (χ1) is 7.79. The molecule has 0 saturated carbocycles. The van der Waals surface area contributed by atoms with Gasteiger partial charge < -0.3 is 9.73 Å². The lowest BCUT2D eigenvalue weighted by molar-refractivity contribution is 0.520. The molecule has 2 rings (SSSR count). The zero-order valence-electron chi connectivity index (χ0n) is 8.87. The van der Waals surface area contributed by atoms with Crippen molar-refractivity contribution in [3.8, 4) is 0 Å². The zero-order chi connectivity index (χ0) is 11.4. The Kier molecular flexibility index (Phi) is 3.80. The summed E-state index contributed by atoms with van der Waals surface area (Å²) >= 11 is 7.42. The van der Waals surface area contributed by atoms with E-state index in [1.807, 2.05) is 18.2 Å². The number of hydrogen-bond donors (Lipinski definition) is 1. The van der Waals surface area contributed by atoms with E-state index in [1.54, 1.807) is 17.8 Å². The fraction of sp³-hybridized carbons (Fsp3) is 0.167. The van der Waals surface area contributed by atoms with Crippen molar-refractivity contribution >= 4 is 29.1 Å². The van der Waals surface area contributed by atoms with Crippen molar-refractivity contribution in [1.29, 1.82) is 0 Å². The number of nitrogens with one attached hydrogen (secondary N) is 1. The van der Waals surface area contributed by atoms with Crippen LogP contribution in [0, 0.1) is 0 Å². The molecule has 2 nitrogen and oxygen atoms in total. The van der Waals surface area contributed by atoms with E-state index < -0.39 is 0 Å². The van der Waals surface area contributed by atoms with Gasteiger partial charge >= 0.3 is 0 Å². The van der Waals surface area contributed by atoms with Crippen LogP contribution in [0.1, 0.15) is 5.76 Å².